The van der Waals surface area contributed by atoms with Crippen LogP contribution in [0.3, 0.4) is 0 Å². The molecule has 1 amide bonds. The molecule has 2 N–H and O–H groups in total. The molecule has 2 rings (SSSR count). The standard InChI is InChI=1S/C12H17N3O5/c1-12(2)7-14(5-9(6-16)20-12)11(17)10-3-8(4-13-10)15(18)19/h3-4,9,13,16H,5-7H2,1-2H3. The van der Waals surface area contributed by atoms with Gasteiger partial charge >= 0.3 is 0 Å². The number of nitrogens with one attached hydrogen (secondary N) is 1. The number of carbonyl (C=O) groups excluding carboxylic acids is 1. The molecule has 1 aromatic heterocycles. The molecule has 1 aliphatic rings. The minimum atomic E-state index is -0.570. The molecule has 0 spiro atoms. The molecule has 0 aromatic carbocycles. The molecule has 0 saturated carbocycles. The fraction of sp³-hybridized carbons (Fsp3) is 0.583. The lowest BCUT2D eigenvalue weighted by atomic mass is 10.0. The van der Waals surface area contributed by atoms with Gasteiger partial charge in [0, 0.05) is 19.2 Å². The smallest absolute Gasteiger partial charge is 0.287 e. The molecule has 8 heteroatoms. The summed E-state index contributed by atoms with van der Waals surface area (Å²) >= 11 is 0. The summed E-state index contributed by atoms with van der Waals surface area (Å²) in [5.74, 6) is -0.340. The molecular weight excluding hydrogens is 266 g/mol. The number of aromatic amines is 1. The maximum absolute atomic E-state index is 12.3. The van der Waals surface area contributed by atoms with Crippen LogP contribution in [0.2, 0.25) is 0 Å². The van der Waals surface area contributed by atoms with Gasteiger partial charge in [0.1, 0.15) is 5.69 Å². The third-order valence-corrected chi connectivity index (χ3v) is 3.08. The van der Waals surface area contributed by atoms with E-state index < -0.39 is 16.6 Å². The SMILES string of the molecule is CC1(C)CN(C(=O)c2cc([N+](=O)[O-])c[nH]2)CC(CO)O1. The van der Waals surface area contributed by atoms with Gasteiger partial charge in [-0.2, -0.15) is 0 Å². The Bertz CT molecular complexity index is 525. The van der Waals surface area contributed by atoms with Crippen LogP contribution in [0.5, 0.6) is 0 Å². The Balaban J connectivity index is 2.16. The van der Waals surface area contributed by atoms with Crippen molar-refractivity contribution < 1.29 is 19.6 Å². The van der Waals surface area contributed by atoms with Crippen molar-refractivity contribution >= 4 is 11.6 Å². The molecule has 1 atom stereocenters. The molecule has 20 heavy (non-hydrogen) atoms. The largest absolute Gasteiger partial charge is 0.394 e. The van der Waals surface area contributed by atoms with Crippen molar-refractivity contribution in [2.75, 3.05) is 19.7 Å². The molecule has 0 radical (unpaired) electrons. The number of H-pyrrole nitrogens is 1. The topological polar surface area (TPSA) is 109 Å². The molecule has 1 fully saturated rings. The van der Waals surface area contributed by atoms with Crippen molar-refractivity contribution in [2.45, 2.75) is 25.6 Å². The second-order valence-corrected chi connectivity index (χ2v) is 5.40. The maximum atomic E-state index is 12.3. The first-order valence-corrected chi connectivity index (χ1v) is 6.23. The minimum Gasteiger partial charge on any atom is -0.394 e. The number of nitro groups is 1. The van der Waals surface area contributed by atoms with Gasteiger partial charge in [-0.1, -0.05) is 0 Å². The molecule has 1 aliphatic heterocycles. The maximum Gasteiger partial charge on any atom is 0.287 e. The van der Waals surface area contributed by atoms with Crippen LogP contribution in [0.25, 0.3) is 0 Å². The van der Waals surface area contributed by atoms with Crippen molar-refractivity contribution in [1.29, 1.82) is 0 Å². The lowest BCUT2D eigenvalue weighted by Gasteiger charge is -2.42. The highest BCUT2D eigenvalue weighted by Gasteiger charge is 2.36. The van der Waals surface area contributed by atoms with E-state index in [9.17, 15) is 20.0 Å². The van der Waals surface area contributed by atoms with Crippen LogP contribution in [0.15, 0.2) is 12.3 Å². The zero-order valence-corrected chi connectivity index (χ0v) is 11.3. The van der Waals surface area contributed by atoms with Gasteiger partial charge in [-0.15, -0.1) is 0 Å². The predicted octanol–water partition coefficient (Wildman–Crippen LogP) is 0.535. The summed E-state index contributed by atoms with van der Waals surface area (Å²) in [6.45, 7) is 4.08. The number of hydrogen-bond acceptors (Lipinski definition) is 5. The Morgan fingerprint density at radius 3 is 2.95 bits per heavy atom. The summed E-state index contributed by atoms with van der Waals surface area (Å²) < 4.78 is 5.62. The van der Waals surface area contributed by atoms with Crippen LogP contribution in [0.1, 0.15) is 24.3 Å². The number of carbonyl (C=O) groups is 1. The Morgan fingerprint density at radius 2 is 2.40 bits per heavy atom. The number of aliphatic hydroxyl groups is 1. The lowest BCUT2D eigenvalue weighted by molar-refractivity contribution is -0.384. The Kier molecular flexibility index (Phi) is 3.78. The monoisotopic (exact) mass is 283 g/mol. The van der Waals surface area contributed by atoms with E-state index in [1.807, 2.05) is 13.8 Å². The zero-order chi connectivity index (χ0) is 14.9. The number of morpholine rings is 1. The van der Waals surface area contributed by atoms with E-state index in [0.717, 1.165) is 0 Å². The molecule has 110 valence electrons. The summed E-state index contributed by atoms with van der Waals surface area (Å²) in [7, 11) is 0. The van der Waals surface area contributed by atoms with Gasteiger partial charge in [-0.3, -0.25) is 14.9 Å². The number of ether oxygens (including phenoxy) is 1. The fourth-order valence-corrected chi connectivity index (χ4v) is 2.33. The molecule has 1 aromatic rings. The molecule has 0 aliphatic carbocycles. The van der Waals surface area contributed by atoms with Gasteiger partial charge in [0.25, 0.3) is 11.6 Å². The number of aromatic nitrogens is 1. The van der Waals surface area contributed by atoms with Gasteiger partial charge in [0.15, 0.2) is 0 Å². The van der Waals surface area contributed by atoms with Crippen LogP contribution in [0, 0.1) is 10.1 Å². The van der Waals surface area contributed by atoms with Crippen LogP contribution >= 0.6 is 0 Å². The van der Waals surface area contributed by atoms with E-state index in [1.54, 1.807) is 0 Å². The molecule has 8 nitrogen and oxygen atoms in total. The van der Waals surface area contributed by atoms with Gasteiger partial charge in [0.05, 0.1) is 29.4 Å². The number of nitrogens with zero attached hydrogens (tertiary/aromatic N) is 2. The summed E-state index contributed by atoms with van der Waals surface area (Å²) in [6, 6.07) is 1.21. The molecular formula is C12H17N3O5. The first-order valence-electron chi connectivity index (χ1n) is 6.23. The number of amides is 1. The number of rotatable bonds is 3. The number of aliphatic hydroxyl groups excluding tert-OH is 1. The predicted molar refractivity (Wildman–Crippen MR) is 69.4 cm³/mol. The van der Waals surface area contributed by atoms with Gasteiger partial charge < -0.3 is 19.7 Å². The Hall–Kier alpha value is -1.93. The summed E-state index contributed by atoms with van der Waals surface area (Å²) in [4.78, 5) is 26.5. The van der Waals surface area contributed by atoms with Crippen LogP contribution < -0.4 is 0 Å². The Morgan fingerprint density at radius 1 is 1.70 bits per heavy atom. The second-order valence-electron chi connectivity index (χ2n) is 5.40. The van der Waals surface area contributed by atoms with Crippen molar-refractivity contribution in [3.8, 4) is 0 Å². The third kappa shape index (κ3) is 2.97. The first-order chi connectivity index (χ1) is 9.32. The summed E-state index contributed by atoms with van der Waals surface area (Å²) in [5, 5.41) is 19.8. The van der Waals surface area contributed by atoms with Gasteiger partial charge in [-0.25, -0.2) is 0 Å². The average Bonchev–Trinajstić information content (AvgIpc) is 2.85. The van der Waals surface area contributed by atoms with E-state index in [0.29, 0.717) is 6.54 Å². The zero-order valence-electron chi connectivity index (χ0n) is 11.3. The van der Waals surface area contributed by atoms with Crippen LogP contribution in [-0.4, -0.2) is 57.2 Å². The fourth-order valence-electron chi connectivity index (χ4n) is 2.33. The highest BCUT2D eigenvalue weighted by molar-refractivity contribution is 5.93. The average molecular weight is 283 g/mol. The number of hydrogen-bond donors (Lipinski definition) is 2. The van der Waals surface area contributed by atoms with Crippen molar-refractivity contribution in [1.82, 2.24) is 9.88 Å². The Labute approximate surface area is 115 Å². The van der Waals surface area contributed by atoms with Crippen molar-refractivity contribution in [3.63, 3.8) is 0 Å². The van der Waals surface area contributed by atoms with E-state index in [-0.39, 0.29) is 30.4 Å². The molecule has 0 bridgehead atoms. The van der Waals surface area contributed by atoms with Crippen molar-refractivity contribution in [2.24, 2.45) is 0 Å². The normalized spacial score (nSPS) is 21.8. The highest BCUT2D eigenvalue weighted by Crippen LogP contribution is 2.23. The summed E-state index contributed by atoms with van der Waals surface area (Å²) in [6.07, 6.45) is 0.732. The van der Waals surface area contributed by atoms with E-state index in [4.69, 9.17) is 4.74 Å². The van der Waals surface area contributed by atoms with E-state index in [1.165, 1.54) is 17.2 Å². The van der Waals surface area contributed by atoms with Gasteiger partial charge in [-0.05, 0) is 13.8 Å². The van der Waals surface area contributed by atoms with Crippen LogP contribution in [0.4, 0.5) is 5.69 Å². The van der Waals surface area contributed by atoms with E-state index in [2.05, 4.69) is 4.98 Å². The first kappa shape index (κ1) is 14.5. The molecule has 1 saturated heterocycles. The quantitative estimate of drug-likeness (QED) is 0.621. The van der Waals surface area contributed by atoms with E-state index >= 15 is 0 Å². The second kappa shape index (κ2) is 5.22. The lowest BCUT2D eigenvalue weighted by Crippen LogP contribution is -2.55. The third-order valence-electron chi connectivity index (χ3n) is 3.08. The molecule has 1 unspecified atom stereocenters. The molecule has 2 heterocycles. The minimum absolute atomic E-state index is 0.153. The van der Waals surface area contributed by atoms with Crippen LogP contribution in [-0.2, 0) is 4.74 Å². The summed E-state index contributed by atoms with van der Waals surface area (Å²) in [5.41, 5.74) is -0.564. The van der Waals surface area contributed by atoms with Crippen molar-refractivity contribution in [3.05, 3.63) is 28.1 Å². The highest BCUT2D eigenvalue weighted by atomic mass is 16.6. The van der Waals surface area contributed by atoms with Gasteiger partial charge in [0.2, 0.25) is 0 Å².